The minimum atomic E-state index is -1.10. The Hall–Kier alpha value is -2.64. The van der Waals surface area contributed by atoms with Gasteiger partial charge in [-0.1, -0.05) is 48.5 Å². The molecule has 5 nitrogen and oxygen atoms in total. The number of aliphatic carboxylic acids is 1. The summed E-state index contributed by atoms with van der Waals surface area (Å²) in [4.78, 5) is 27.3. The summed E-state index contributed by atoms with van der Waals surface area (Å²) in [5, 5.41) is 9.73. The molecule has 0 saturated heterocycles. The molecule has 7 heteroatoms. The molecule has 1 aliphatic rings. The third-order valence-electron chi connectivity index (χ3n) is 5.39. The van der Waals surface area contributed by atoms with E-state index in [2.05, 4.69) is 28.1 Å². The van der Waals surface area contributed by atoms with Crippen LogP contribution in [0.25, 0.3) is 11.1 Å². The van der Waals surface area contributed by atoms with Crippen LogP contribution in [0.3, 0.4) is 0 Å². The van der Waals surface area contributed by atoms with Gasteiger partial charge in [0.05, 0.1) is 0 Å². The van der Waals surface area contributed by atoms with Gasteiger partial charge in [0.1, 0.15) is 6.61 Å². The van der Waals surface area contributed by atoms with Gasteiger partial charge in [-0.15, -0.1) is 11.3 Å². The monoisotopic (exact) mass is 485 g/mol. The van der Waals surface area contributed by atoms with Crippen molar-refractivity contribution < 1.29 is 19.4 Å². The van der Waals surface area contributed by atoms with Gasteiger partial charge in [0.2, 0.25) is 0 Å². The predicted octanol–water partition coefficient (Wildman–Crippen LogP) is 5.83. The molecule has 30 heavy (non-hydrogen) atoms. The van der Waals surface area contributed by atoms with Gasteiger partial charge in [0.15, 0.2) is 6.04 Å². The molecule has 0 saturated carbocycles. The van der Waals surface area contributed by atoms with Crippen LogP contribution in [-0.2, 0) is 9.53 Å². The molecule has 0 spiro atoms. The van der Waals surface area contributed by atoms with Crippen molar-refractivity contribution in [1.29, 1.82) is 0 Å². The fraction of sp³-hybridized carbons (Fsp3) is 0.217. The van der Waals surface area contributed by atoms with Gasteiger partial charge < -0.3 is 9.84 Å². The van der Waals surface area contributed by atoms with Gasteiger partial charge in [-0.2, -0.15) is 0 Å². The largest absolute Gasteiger partial charge is 0.479 e. The summed E-state index contributed by atoms with van der Waals surface area (Å²) in [7, 11) is 1.46. The molecule has 154 valence electrons. The van der Waals surface area contributed by atoms with Crippen LogP contribution < -0.4 is 0 Å². The number of hydrogen-bond donors (Lipinski definition) is 1. The number of benzene rings is 2. The fourth-order valence-corrected chi connectivity index (χ4v) is 5.59. The Balaban J connectivity index is 1.53. The highest BCUT2D eigenvalue weighted by atomic mass is 79.9. The second kappa shape index (κ2) is 8.24. The average molecular weight is 486 g/mol. The molecule has 1 unspecified atom stereocenters. The zero-order valence-corrected chi connectivity index (χ0v) is 18.9. The van der Waals surface area contributed by atoms with E-state index < -0.39 is 18.1 Å². The Kier molecular flexibility index (Phi) is 5.66. The molecule has 0 bridgehead atoms. The first-order valence-corrected chi connectivity index (χ1v) is 11.1. The number of likely N-dealkylation sites (N-methyl/N-ethyl adjacent to an activating group) is 1. The SMILES string of the molecule is Cc1sc(C(C(=O)O)N(C)C(=O)OCC2c3ccccc3-c3ccccc32)cc1Br. The van der Waals surface area contributed by atoms with E-state index in [1.807, 2.05) is 43.3 Å². The van der Waals surface area contributed by atoms with Crippen molar-refractivity contribution in [1.82, 2.24) is 4.90 Å². The van der Waals surface area contributed by atoms with Gasteiger partial charge in [-0.3, -0.25) is 4.90 Å². The maximum atomic E-state index is 12.8. The molecule has 1 heterocycles. The van der Waals surface area contributed by atoms with Crippen LogP contribution in [0.4, 0.5) is 4.79 Å². The van der Waals surface area contributed by atoms with E-state index in [0.717, 1.165) is 36.5 Å². The molecule has 1 aromatic heterocycles. The summed E-state index contributed by atoms with van der Waals surface area (Å²) >= 11 is 4.75. The Bertz CT molecular complexity index is 1060. The fourth-order valence-electron chi connectivity index (χ4n) is 3.90. The number of nitrogens with zero attached hydrogens (tertiary/aromatic N) is 1. The number of amides is 1. The number of ether oxygens (including phenoxy) is 1. The number of fused-ring (bicyclic) bond motifs is 3. The molecule has 1 amide bonds. The number of carbonyl (C=O) groups excluding carboxylic acids is 1. The number of carboxylic acids is 1. The number of rotatable bonds is 5. The molecule has 4 rings (SSSR count). The molecule has 0 fully saturated rings. The first kappa shape index (κ1) is 20.6. The highest BCUT2D eigenvalue weighted by molar-refractivity contribution is 9.10. The van der Waals surface area contributed by atoms with Crippen LogP contribution in [-0.4, -0.2) is 35.7 Å². The Morgan fingerprint density at radius 3 is 2.20 bits per heavy atom. The summed E-state index contributed by atoms with van der Waals surface area (Å²) < 4.78 is 6.44. The number of carboxylic acid groups (broad SMARTS) is 1. The lowest BCUT2D eigenvalue weighted by molar-refractivity contribution is -0.142. The summed E-state index contributed by atoms with van der Waals surface area (Å²) in [5.74, 6) is -1.17. The summed E-state index contributed by atoms with van der Waals surface area (Å²) in [6.07, 6.45) is -0.661. The summed E-state index contributed by atoms with van der Waals surface area (Å²) in [6.45, 7) is 2.04. The Labute approximate surface area is 187 Å². The molecule has 0 aliphatic heterocycles. The number of carbonyl (C=O) groups is 2. The van der Waals surface area contributed by atoms with Crippen LogP contribution in [0, 0.1) is 6.92 Å². The minimum Gasteiger partial charge on any atom is -0.479 e. The molecule has 1 aliphatic carbocycles. The van der Waals surface area contributed by atoms with Crippen molar-refractivity contribution in [3.63, 3.8) is 0 Å². The van der Waals surface area contributed by atoms with Crippen LogP contribution in [0.5, 0.6) is 0 Å². The van der Waals surface area contributed by atoms with Crippen LogP contribution in [0.15, 0.2) is 59.1 Å². The molecule has 3 aromatic rings. The number of halogens is 1. The van der Waals surface area contributed by atoms with Crippen LogP contribution in [0.1, 0.15) is 32.8 Å². The maximum absolute atomic E-state index is 12.8. The second-order valence-electron chi connectivity index (χ2n) is 7.21. The molecule has 1 N–H and O–H groups in total. The molecular weight excluding hydrogens is 466 g/mol. The zero-order chi connectivity index (χ0) is 21.4. The number of hydrogen-bond acceptors (Lipinski definition) is 4. The van der Waals surface area contributed by atoms with Crippen molar-refractivity contribution in [3.05, 3.63) is 80.0 Å². The molecule has 2 aromatic carbocycles. The van der Waals surface area contributed by atoms with Crippen LogP contribution >= 0.6 is 27.3 Å². The van der Waals surface area contributed by atoms with Crippen LogP contribution in [0.2, 0.25) is 0 Å². The second-order valence-corrected chi connectivity index (χ2v) is 9.35. The van der Waals surface area contributed by atoms with E-state index in [1.54, 1.807) is 6.07 Å². The maximum Gasteiger partial charge on any atom is 0.410 e. The number of aryl methyl sites for hydroxylation is 1. The molecular formula is C23H20BrNO4S. The van der Waals surface area contributed by atoms with E-state index >= 15 is 0 Å². The average Bonchev–Trinajstić information content (AvgIpc) is 3.23. The van der Waals surface area contributed by atoms with Gasteiger partial charge in [-0.25, -0.2) is 9.59 Å². The van der Waals surface area contributed by atoms with E-state index in [0.29, 0.717) is 4.88 Å². The lowest BCUT2D eigenvalue weighted by atomic mass is 9.98. The van der Waals surface area contributed by atoms with E-state index in [1.165, 1.54) is 18.4 Å². The van der Waals surface area contributed by atoms with Crippen molar-refractivity contribution in [2.24, 2.45) is 0 Å². The Morgan fingerprint density at radius 2 is 1.70 bits per heavy atom. The van der Waals surface area contributed by atoms with Gasteiger partial charge in [0.25, 0.3) is 0 Å². The smallest absolute Gasteiger partial charge is 0.410 e. The third-order valence-corrected chi connectivity index (χ3v) is 7.58. The minimum absolute atomic E-state index is 0.0730. The third kappa shape index (κ3) is 3.63. The van der Waals surface area contributed by atoms with Gasteiger partial charge >= 0.3 is 12.1 Å². The first-order chi connectivity index (χ1) is 14.4. The summed E-state index contributed by atoms with van der Waals surface area (Å²) in [6, 6.07) is 16.8. The summed E-state index contributed by atoms with van der Waals surface area (Å²) in [5.41, 5.74) is 4.51. The molecule has 0 radical (unpaired) electrons. The lowest BCUT2D eigenvalue weighted by Crippen LogP contribution is -2.36. The van der Waals surface area contributed by atoms with Crippen molar-refractivity contribution >= 4 is 39.3 Å². The van der Waals surface area contributed by atoms with E-state index in [-0.39, 0.29) is 12.5 Å². The van der Waals surface area contributed by atoms with Crippen molar-refractivity contribution in [2.75, 3.05) is 13.7 Å². The predicted molar refractivity (Wildman–Crippen MR) is 120 cm³/mol. The number of thiophene rings is 1. The Morgan fingerprint density at radius 1 is 1.13 bits per heavy atom. The quantitative estimate of drug-likeness (QED) is 0.493. The standard InChI is InChI=1S/C23H20BrNO4S/c1-13-19(24)11-20(30-13)21(22(26)27)25(2)23(28)29-12-18-16-9-5-3-7-14(16)15-8-4-6-10-17(15)18/h3-11,18,21H,12H2,1-2H3,(H,26,27). The van der Waals surface area contributed by atoms with E-state index in [9.17, 15) is 14.7 Å². The normalized spacial score (nSPS) is 13.4. The van der Waals surface area contributed by atoms with Gasteiger partial charge in [0, 0.05) is 27.2 Å². The molecule has 1 atom stereocenters. The highest BCUT2D eigenvalue weighted by Crippen LogP contribution is 2.44. The van der Waals surface area contributed by atoms with Crippen molar-refractivity contribution in [3.8, 4) is 11.1 Å². The van der Waals surface area contributed by atoms with E-state index in [4.69, 9.17) is 4.74 Å². The van der Waals surface area contributed by atoms with Crippen molar-refractivity contribution in [2.45, 2.75) is 18.9 Å². The van der Waals surface area contributed by atoms with Gasteiger partial charge in [-0.05, 0) is 51.2 Å². The zero-order valence-electron chi connectivity index (χ0n) is 16.5. The lowest BCUT2D eigenvalue weighted by Gasteiger charge is -2.24. The first-order valence-electron chi connectivity index (χ1n) is 9.45. The highest BCUT2D eigenvalue weighted by Gasteiger charge is 2.33. The topological polar surface area (TPSA) is 66.8 Å².